The highest BCUT2D eigenvalue weighted by Crippen LogP contribution is 2.34. The Morgan fingerprint density at radius 2 is 1.76 bits per heavy atom. The van der Waals surface area contributed by atoms with E-state index in [1.165, 1.54) is 0 Å². The molecule has 0 bridgehead atoms. The number of para-hydroxylation sites is 1. The highest BCUT2D eigenvalue weighted by Gasteiger charge is 2.20. The van der Waals surface area contributed by atoms with Gasteiger partial charge in [0, 0.05) is 17.3 Å². The van der Waals surface area contributed by atoms with Crippen LogP contribution in [0.15, 0.2) is 107 Å². The topological polar surface area (TPSA) is 77.7 Å². The quantitative estimate of drug-likeness (QED) is 0.124. The van der Waals surface area contributed by atoms with Crippen LogP contribution in [0.4, 0.5) is 0 Å². The smallest absolute Gasteiger partial charge is 0.281 e. The lowest BCUT2D eigenvalue weighted by Crippen LogP contribution is -2.35. The Hall–Kier alpha value is -4.43. The number of aromatic nitrogens is 2. The number of halogens is 1. The van der Waals surface area contributed by atoms with Crippen molar-refractivity contribution in [2.24, 2.45) is 5.10 Å². The van der Waals surface area contributed by atoms with Crippen molar-refractivity contribution in [3.8, 4) is 28.4 Å². The number of hydrogen-bond acceptors (Lipinski definition) is 5. The molecule has 1 amide bonds. The second kappa shape index (κ2) is 13.3. The van der Waals surface area contributed by atoms with Gasteiger partial charge in [-0.1, -0.05) is 62.4 Å². The van der Waals surface area contributed by atoms with E-state index in [-0.39, 0.29) is 5.91 Å². The summed E-state index contributed by atoms with van der Waals surface area (Å²) in [7, 11) is 0. The predicted molar refractivity (Wildman–Crippen MR) is 167 cm³/mol. The number of rotatable bonds is 11. The van der Waals surface area contributed by atoms with Crippen LogP contribution >= 0.6 is 15.9 Å². The number of carbonyl (C=O) groups excluding carboxylic acids is 1. The molecule has 0 aliphatic carbocycles. The Morgan fingerprint density at radius 3 is 2.51 bits per heavy atom. The maximum atomic E-state index is 13.0. The fourth-order valence-electron chi connectivity index (χ4n) is 4.37. The number of nitrogens with one attached hydrogen (secondary N) is 1. The molecule has 41 heavy (non-hydrogen) atoms. The molecule has 1 aromatic heterocycles. The van der Waals surface area contributed by atoms with Gasteiger partial charge < -0.3 is 9.47 Å². The molecule has 7 nitrogen and oxygen atoms in total. The summed E-state index contributed by atoms with van der Waals surface area (Å²) in [6.45, 7) is 4.64. The zero-order valence-electron chi connectivity index (χ0n) is 23.0. The van der Waals surface area contributed by atoms with Gasteiger partial charge in [0.15, 0.2) is 6.10 Å². The molecule has 0 aliphatic heterocycles. The van der Waals surface area contributed by atoms with Gasteiger partial charge >= 0.3 is 0 Å². The Morgan fingerprint density at radius 1 is 1.00 bits per heavy atom. The summed E-state index contributed by atoms with van der Waals surface area (Å²) in [4.78, 5) is 13.0. The fraction of sp³-hybridized carbons (Fsp3) is 0.182. The van der Waals surface area contributed by atoms with Crippen LogP contribution in [0.2, 0.25) is 0 Å². The Kier molecular flexibility index (Phi) is 9.11. The lowest BCUT2D eigenvalue weighted by molar-refractivity contribution is -0.128. The third-order valence-corrected chi connectivity index (χ3v) is 7.32. The first-order valence-electron chi connectivity index (χ1n) is 13.6. The van der Waals surface area contributed by atoms with Gasteiger partial charge in [-0.3, -0.25) is 4.79 Å². The molecule has 4 aromatic carbocycles. The number of benzene rings is 4. The lowest BCUT2D eigenvalue weighted by atomic mass is 10.1. The van der Waals surface area contributed by atoms with Gasteiger partial charge in [-0.05, 0) is 82.0 Å². The number of carbonyl (C=O) groups is 1. The van der Waals surface area contributed by atoms with E-state index < -0.39 is 6.10 Å². The largest absolute Gasteiger partial charge is 0.494 e. The van der Waals surface area contributed by atoms with Gasteiger partial charge in [0.1, 0.15) is 17.2 Å². The van der Waals surface area contributed by atoms with Crippen LogP contribution < -0.4 is 14.9 Å². The van der Waals surface area contributed by atoms with Gasteiger partial charge in [0.25, 0.3) is 5.91 Å². The van der Waals surface area contributed by atoms with Crippen molar-refractivity contribution in [2.45, 2.75) is 32.8 Å². The Bertz CT molecular complexity index is 1650. The molecule has 1 N–H and O–H groups in total. The highest BCUT2D eigenvalue weighted by atomic mass is 79.9. The summed E-state index contributed by atoms with van der Waals surface area (Å²) in [5.74, 6) is 1.08. The molecule has 0 aliphatic rings. The number of amides is 1. The van der Waals surface area contributed by atoms with Crippen molar-refractivity contribution in [1.82, 2.24) is 15.2 Å². The summed E-state index contributed by atoms with van der Waals surface area (Å²) in [6.07, 6.45) is 4.21. The van der Waals surface area contributed by atoms with Crippen LogP contribution in [0.1, 0.15) is 32.3 Å². The van der Waals surface area contributed by atoms with E-state index in [2.05, 4.69) is 33.4 Å². The van der Waals surface area contributed by atoms with Crippen LogP contribution in [0.5, 0.6) is 11.5 Å². The summed E-state index contributed by atoms with van der Waals surface area (Å²) >= 11 is 3.64. The number of fused-ring (bicyclic) bond motifs is 1. The molecule has 1 heterocycles. The van der Waals surface area contributed by atoms with Crippen LogP contribution in [-0.2, 0) is 4.79 Å². The van der Waals surface area contributed by atoms with Gasteiger partial charge in [0.05, 0.1) is 23.0 Å². The maximum Gasteiger partial charge on any atom is 0.281 e. The molecule has 1 atom stereocenters. The van der Waals surface area contributed by atoms with Crippen LogP contribution in [0.25, 0.3) is 27.7 Å². The molecule has 0 fully saturated rings. The van der Waals surface area contributed by atoms with Crippen LogP contribution in [0.3, 0.4) is 0 Å². The molecule has 5 rings (SSSR count). The molecule has 8 heteroatoms. The summed E-state index contributed by atoms with van der Waals surface area (Å²) in [5.41, 5.74) is 5.97. The number of hydrazone groups is 1. The zero-order chi connectivity index (χ0) is 28.6. The van der Waals surface area contributed by atoms with E-state index in [0.717, 1.165) is 49.9 Å². The lowest BCUT2D eigenvalue weighted by Gasteiger charge is -2.17. The molecule has 0 radical (unpaired) electrons. The second-order valence-corrected chi connectivity index (χ2v) is 10.2. The molecular weight excluding hydrogens is 580 g/mol. The van der Waals surface area contributed by atoms with Crippen molar-refractivity contribution in [2.75, 3.05) is 6.61 Å². The van der Waals surface area contributed by atoms with E-state index in [1.54, 1.807) is 10.9 Å². The number of nitrogens with zero attached hydrogens (tertiary/aromatic N) is 3. The molecule has 0 saturated carbocycles. The third kappa shape index (κ3) is 6.66. The molecule has 1 unspecified atom stereocenters. The SMILES string of the molecule is CCCOc1ccc(-c2nn(-c3ccccc3)cc2/C=N/NC(=O)C(CC)Oc2ccc3ccccc3c2Br)cc1. The van der Waals surface area contributed by atoms with Crippen molar-refractivity contribution < 1.29 is 14.3 Å². The number of hydrogen-bond donors (Lipinski definition) is 1. The van der Waals surface area contributed by atoms with Gasteiger partial charge in [-0.25, -0.2) is 10.1 Å². The van der Waals surface area contributed by atoms with E-state index in [0.29, 0.717) is 18.8 Å². The standard InChI is InChI=1S/C33H31BrN4O3/c1-3-20-40-27-17-14-24(15-18-27)32-25(22-38(37-32)26-11-6-5-7-12-26)21-35-36-33(39)29(4-2)41-30-19-16-23-10-8-9-13-28(23)31(30)34/h5-19,21-22,29H,3-4,20H2,1-2H3,(H,36,39)/b35-21+. The first kappa shape index (κ1) is 28.1. The highest BCUT2D eigenvalue weighted by molar-refractivity contribution is 9.10. The van der Waals surface area contributed by atoms with Gasteiger partial charge in [-0.15, -0.1) is 0 Å². The molecule has 208 valence electrons. The third-order valence-electron chi connectivity index (χ3n) is 6.50. The predicted octanol–water partition coefficient (Wildman–Crippen LogP) is 7.55. The Balaban J connectivity index is 1.35. The van der Waals surface area contributed by atoms with E-state index in [9.17, 15) is 4.79 Å². The maximum absolute atomic E-state index is 13.0. The van der Waals surface area contributed by atoms with Gasteiger partial charge in [-0.2, -0.15) is 10.2 Å². The van der Waals surface area contributed by atoms with Crippen molar-refractivity contribution in [3.63, 3.8) is 0 Å². The normalized spacial score (nSPS) is 12.0. The second-order valence-electron chi connectivity index (χ2n) is 9.43. The number of ether oxygens (including phenoxy) is 2. The van der Waals surface area contributed by atoms with Crippen LogP contribution in [-0.4, -0.2) is 34.6 Å². The first-order chi connectivity index (χ1) is 20.1. The minimum absolute atomic E-state index is 0.335. The van der Waals surface area contributed by atoms with E-state index in [4.69, 9.17) is 14.6 Å². The van der Waals surface area contributed by atoms with Crippen molar-refractivity contribution >= 4 is 38.8 Å². The minimum atomic E-state index is -0.716. The van der Waals surface area contributed by atoms with Crippen molar-refractivity contribution in [1.29, 1.82) is 0 Å². The summed E-state index contributed by atoms with van der Waals surface area (Å²) in [6, 6.07) is 29.5. The fourth-order valence-corrected chi connectivity index (χ4v) is 4.95. The minimum Gasteiger partial charge on any atom is -0.494 e. The zero-order valence-corrected chi connectivity index (χ0v) is 24.5. The van der Waals surface area contributed by atoms with Crippen molar-refractivity contribution in [3.05, 3.63) is 107 Å². The molecule has 0 spiro atoms. The van der Waals surface area contributed by atoms with E-state index in [1.807, 2.05) is 104 Å². The Labute approximate surface area is 247 Å². The summed E-state index contributed by atoms with van der Waals surface area (Å²) < 4.78 is 14.4. The summed E-state index contributed by atoms with van der Waals surface area (Å²) in [5, 5.41) is 11.2. The molecule has 0 saturated heterocycles. The average molecular weight is 612 g/mol. The molecular formula is C33H31BrN4O3. The first-order valence-corrected chi connectivity index (χ1v) is 14.4. The van der Waals surface area contributed by atoms with Gasteiger partial charge in [0.2, 0.25) is 0 Å². The average Bonchev–Trinajstić information content (AvgIpc) is 3.44. The van der Waals surface area contributed by atoms with Crippen LogP contribution in [0, 0.1) is 0 Å². The van der Waals surface area contributed by atoms with E-state index >= 15 is 0 Å². The monoisotopic (exact) mass is 610 g/mol. The molecule has 5 aromatic rings.